The minimum absolute atomic E-state index is 0.461. The summed E-state index contributed by atoms with van der Waals surface area (Å²) in [5, 5.41) is 3.40. The quantitative estimate of drug-likeness (QED) is 0.780. The molecule has 17 heavy (non-hydrogen) atoms. The topological polar surface area (TPSA) is 15.3 Å². The highest BCUT2D eigenvalue weighted by Gasteiger charge is 2.12. The van der Waals surface area contributed by atoms with Crippen LogP contribution in [0.15, 0.2) is 30.3 Å². The van der Waals surface area contributed by atoms with Crippen LogP contribution in [0.4, 0.5) is 0 Å². The van der Waals surface area contributed by atoms with E-state index in [2.05, 4.69) is 61.4 Å². The number of benzene rings is 1. The Bertz CT molecular complexity index is 297. The molecule has 2 atom stereocenters. The molecule has 0 bridgehead atoms. The van der Waals surface area contributed by atoms with Crippen LogP contribution >= 0.6 is 0 Å². The van der Waals surface area contributed by atoms with Crippen LogP contribution in [0.5, 0.6) is 0 Å². The van der Waals surface area contributed by atoms with E-state index in [-0.39, 0.29) is 0 Å². The van der Waals surface area contributed by atoms with Gasteiger partial charge in [-0.2, -0.15) is 0 Å². The third kappa shape index (κ3) is 4.49. The zero-order chi connectivity index (χ0) is 12.7. The van der Waals surface area contributed by atoms with Gasteiger partial charge >= 0.3 is 0 Å². The Hall–Kier alpha value is -0.860. The molecular weight excluding hydrogens is 208 g/mol. The first kappa shape index (κ1) is 14.2. The normalized spacial score (nSPS) is 14.9. The molecule has 0 saturated heterocycles. The second-order valence-electron chi connectivity index (χ2n) is 4.78. The largest absolute Gasteiger partial charge is 0.313 e. The molecule has 1 aromatic rings. The minimum atomic E-state index is 0.461. The fraction of sp³-hybridized carbons (Fsp3) is 0.600. The van der Waals surface area contributed by atoms with Crippen molar-refractivity contribution in [3.63, 3.8) is 0 Å². The van der Waals surface area contributed by atoms with Gasteiger partial charge in [-0.15, -0.1) is 0 Å². The van der Waals surface area contributed by atoms with Gasteiger partial charge in [0.15, 0.2) is 0 Å². The maximum Gasteiger partial charge on any atom is 0.0329 e. The van der Waals surface area contributed by atoms with Gasteiger partial charge in [0.2, 0.25) is 0 Å². The molecule has 0 amide bonds. The van der Waals surface area contributed by atoms with Crippen molar-refractivity contribution in [1.82, 2.24) is 10.2 Å². The van der Waals surface area contributed by atoms with Gasteiger partial charge in [-0.25, -0.2) is 0 Å². The maximum absolute atomic E-state index is 3.40. The average molecular weight is 234 g/mol. The van der Waals surface area contributed by atoms with Crippen LogP contribution in [0.3, 0.4) is 0 Å². The van der Waals surface area contributed by atoms with Crippen molar-refractivity contribution in [2.45, 2.75) is 38.8 Å². The zero-order valence-electron chi connectivity index (χ0n) is 11.6. The summed E-state index contributed by atoms with van der Waals surface area (Å²) in [5.41, 5.74) is 1.38. The molecule has 1 rings (SSSR count). The molecule has 0 aliphatic rings. The first-order valence-corrected chi connectivity index (χ1v) is 6.61. The Morgan fingerprint density at radius 2 is 1.88 bits per heavy atom. The molecule has 0 heterocycles. The molecule has 0 saturated carbocycles. The van der Waals surface area contributed by atoms with Gasteiger partial charge < -0.3 is 10.2 Å². The van der Waals surface area contributed by atoms with Gasteiger partial charge in [0.25, 0.3) is 0 Å². The van der Waals surface area contributed by atoms with Gasteiger partial charge in [0.1, 0.15) is 0 Å². The zero-order valence-corrected chi connectivity index (χ0v) is 11.6. The Labute approximate surface area is 106 Å². The summed E-state index contributed by atoms with van der Waals surface area (Å²) in [7, 11) is 4.26. The summed E-state index contributed by atoms with van der Waals surface area (Å²) in [4.78, 5) is 2.44. The second kappa shape index (κ2) is 7.46. The smallest absolute Gasteiger partial charge is 0.0329 e. The molecule has 0 aromatic heterocycles. The molecule has 96 valence electrons. The molecule has 0 aliphatic carbocycles. The minimum Gasteiger partial charge on any atom is -0.313 e. The molecule has 0 aliphatic heterocycles. The number of hydrogen-bond donors (Lipinski definition) is 1. The monoisotopic (exact) mass is 234 g/mol. The predicted octanol–water partition coefficient (Wildman–Crippen LogP) is 3.07. The molecule has 1 N–H and O–H groups in total. The van der Waals surface area contributed by atoms with E-state index < -0.39 is 0 Å². The fourth-order valence-electron chi connectivity index (χ4n) is 2.03. The van der Waals surface area contributed by atoms with Crippen molar-refractivity contribution in [1.29, 1.82) is 0 Å². The highest BCUT2D eigenvalue weighted by molar-refractivity contribution is 5.18. The summed E-state index contributed by atoms with van der Waals surface area (Å²) in [6, 6.07) is 11.8. The van der Waals surface area contributed by atoms with Crippen molar-refractivity contribution < 1.29 is 0 Å². The van der Waals surface area contributed by atoms with Crippen LogP contribution in [-0.4, -0.2) is 31.6 Å². The standard InChI is InChI=1S/C15H26N2/c1-5-13(2)17(4)12-11-15(16-3)14-9-7-6-8-10-14/h6-10,13,15-16H,5,11-12H2,1-4H3. The van der Waals surface area contributed by atoms with Crippen molar-refractivity contribution in [2.24, 2.45) is 0 Å². The third-order valence-corrected chi connectivity index (χ3v) is 3.66. The van der Waals surface area contributed by atoms with E-state index in [4.69, 9.17) is 0 Å². The molecule has 0 fully saturated rings. The van der Waals surface area contributed by atoms with E-state index in [0.29, 0.717) is 12.1 Å². The van der Waals surface area contributed by atoms with Crippen molar-refractivity contribution in [3.05, 3.63) is 35.9 Å². The first-order chi connectivity index (χ1) is 8.19. The molecule has 2 heteroatoms. The van der Waals surface area contributed by atoms with Crippen LogP contribution in [0, 0.1) is 0 Å². The van der Waals surface area contributed by atoms with E-state index in [1.165, 1.54) is 12.0 Å². The molecular formula is C15H26N2. The van der Waals surface area contributed by atoms with Gasteiger partial charge in [0.05, 0.1) is 0 Å². The van der Waals surface area contributed by atoms with Gasteiger partial charge in [0, 0.05) is 12.1 Å². The predicted molar refractivity (Wildman–Crippen MR) is 75.2 cm³/mol. The SMILES string of the molecule is CCC(C)N(C)CCC(NC)c1ccccc1. The average Bonchev–Trinajstić information content (AvgIpc) is 2.39. The second-order valence-corrected chi connectivity index (χ2v) is 4.78. The van der Waals surface area contributed by atoms with Crippen molar-refractivity contribution in [3.8, 4) is 0 Å². The van der Waals surface area contributed by atoms with Crippen molar-refractivity contribution in [2.75, 3.05) is 20.6 Å². The highest BCUT2D eigenvalue weighted by Crippen LogP contribution is 2.16. The lowest BCUT2D eigenvalue weighted by molar-refractivity contribution is 0.239. The summed E-state index contributed by atoms with van der Waals surface area (Å²) < 4.78 is 0. The molecule has 1 aromatic carbocycles. The molecule has 2 unspecified atom stereocenters. The number of nitrogens with one attached hydrogen (secondary N) is 1. The number of rotatable bonds is 7. The third-order valence-electron chi connectivity index (χ3n) is 3.66. The van der Waals surface area contributed by atoms with Gasteiger partial charge in [-0.1, -0.05) is 37.3 Å². The highest BCUT2D eigenvalue weighted by atomic mass is 15.1. The Balaban J connectivity index is 2.48. The van der Waals surface area contributed by atoms with Crippen molar-refractivity contribution >= 4 is 0 Å². The lowest BCUT2D eigenvalue weighted by Crippen LogP contribution is -2.31. The van der Waals surface area contributed by atoms with E-state index >= 15 is 0 Å². The van der Waals surface area contributed by atoms with E-state index in [1.807, 2.05) is 7.05 Å². The maximum atomic E-state index is 3.40. The van der Waals surface area contributed by atoms with Crippen LogP contribution < -0.4 is 5.32 Å². The van der Waals surface area contributed by atoms with E-state index in [0.717, 1.165) is 13.0 Å². The lowest BCUT2D eigenvalue weighted by Gasteiger charge is -2.26. The first-order valence-electron chi connectivity index (χ1n) is 6.61. The number of nitrogens with zero attached hydrogens (tertiary/aromatic N) is 1. The molecule has 0 spiro atoms. The van der Waals surface area contributed by atoms with Crippen LogP contribution in [-0.2, 0) is 0 Å². The van der Waals surface area contributed by atoms with Crippen LogP contribution in [0.2, 0.25) is 0 Å². The lowest BCUT2D eigenvalue weighted by atomic mass is 10.0. The Morgan fingerprint density at radius 3 is 2.41 bits per heavy atom. The Morgan fingerprint density at radius 1 is 1.24 bits per heavy atom. The van der Waals surface area contributed by atoms with Crippen LogP contribution in [0.1, 0.15) is 38.3 Å². The Kier molecular flexibility index (Phi) is 6.23. The van der Waals surface area contributed by atoms with Gasteiger partial charge in [-0.3, -0.25) is 0 Å². The van der Waals surface area contributed by atoms with E-state index in [1.54, 1.807) is 0 Å². The number of hydrogen-bond acceptors (Lipinski definition) is 2. The van der Waals surface area contributed by atoms with Gasteiger partial charge in [-0.05, 0) is 46.0 Å². The fourth-order valence-corrected chi connectivity index (χ4v) is 2.03. The van der Waals surface area contributed by atoms with Crippen LogP contribution in [0.25, 0.3) is 0 Å². The van der Waals surface area contributed by atoms with E-state index in [9.17, 15) is 0 Å². The summed E-state index contributed by atoms with van der Waals surface area (Å²) in [5.74, 6) is 0. The molecule has 2 nitrogen and oxygen atoms in total. The summed E-state index contributed by atoms with van der Waals surface area (Å²) in [6.45, 7) is 5.67. The molecule has 0 radical (unpaired) electrons. The summed E-state index contributed by atoms with van der Waals surface area (Å²) >= 11 is 0. The summed E-state index contributed by atoms with van der Waals surface area (Å²) in [6.07, 6.45) is 2.37.